The van der Waals surface area contributed by atoms with Crippen molar-refractivity contribution >= 4 is 11.8 Å². The van der Waals surface area contributed by atoms with E-state index in [4.69, 9.17) is 0 Å². The van der Waals surface area contributed by atoms with Crippen LogP contribution < -0.4 is 0 Å². The minimum atomic E-state index is 0.906. The number of thioether (sulfide) groups is 1. The summed E-state index contributed by atoms with van der Waals surface area (Å²) in [5.41, 5.74) is 3.03. The largest absolute Gasteiger partial charge is 0.165 e. The van der Waals surface area contributed by atoms with Gasteiger partial charge in [-0.25, -0.2) is 0 Å². The van der Waals surface area contributed by atoms with E-state index in [1.54, 1.807) is 6.08 Å². The first-order chi connectivity index (χ1) is 7.65. The molecule has 0 aromatic carbocycles. The molecule has 0 atom stereocenters. The molecule has 1 heteroatoms. The average molecular weight is 232 g/mol. The quantitative estimate of drug-likeness (QED) is 0.546. The SMILES string of the molecule is C=C/C=C\C(=C)C(=C)/C=C(\C=C)CCSC. The Hall–Kier alpha value is -1.21. The Morgan fingerprint density at radius 1 is 1.19 bits per heavy atom. The van der Waals surface area contributed by atoms with Gasteiger partial charge in [0.15, 0.2) is 0 Å². The van der Waals surface area contributed by atoms with Gasteiger partial charge in [-0.1, -0.05) is 56.7 Å². The highest BCUT2D eigenvalue weighted by molar-refractivity contribution is 7.98. The molecule has 0 saturated carbocycles. The fourth-order valence-corrected chi connectivity index (χ4v) is 1.50. The molecule has 0 rings (SSSR count). The molecule has 0 saturated heterocycles. The molecule has 0 heterocycles. The molecule has 0 aliphatic carbocycles. The van der Waals surface area contributed by atoms with Gasteiger partial charge in [-0.05, 0) is 35.1 Å². The Balaban J connectivity index is 4.52. The van der Waals surface area contributed by atoms with Crippen molar-refractivity contribution < 1.29 is 0 Å². The Morgan fingerprint density at radius 2 is 1.88 bits per heavy atom. The monoisotopic (exact) mass is 232 g/mol. The summed E-state index contributed by atoms with van der Waals surface area (Å²) >= 11 is 1.83. The summed E-state index contributed by atoms with van der Waals surface area (Å²) in [6, 6.07) is 0. The molecule has 0 bridgehead atoms. The molecule has 16 heavy (non-hydrogen) atoms. The Kier molecular flexibility index (Phi) is 8.36. The van der Waals surface area contributed by atoms with Crippen molar-refractivity contribution in [2.24, 2.45) is 0 Å². The summed E-state index contributed by atoms with van der Waals surface area (Å²) in [4.78, 5) is 0. The van der Waals surface area contributed by atoms with Crippen molar-refractivity contribution in [2.75, 3.05) is 12.0 Å². The van der Waals surface area contributed by atoms with Crippen LogP contribution in [0.25, 0.3) is 0 Å². The third-order valence-electron chi connectivity index (χ3n) is 2.06. The van der Waals surface area contributed by atoms with Crippen LogP contribution in [0.3, 0.4) is 0 Å². The molecular formula is C15H20S. The van der Waals surface area contributed by atoms with Crippen molar-refractivity contribution in [3.63, 3.8) is 0 Å². The van der Waals surface area contributed by atoms with Gasteiger partial charge in [0.1, 0.15) is 0 Å². The summed E-state index contributed by atoms with van der Waals surface area (Å²) < 4.78 is 0. The molecule has 0 amide bonds. The van der Waals surface area contributed by atoms with Gasteiger partial charge in [-0.3, -0.25) is 0 Å². The van der Waals surface area contributed by atoms with Crippen LogP contribution in [0.4, 0.5) is 0 Å². The highest BCUT2D eigenvalue weighted by Gasteiger charge is 1.96. The molecule has 0 nitrogen and oxygen atoms in total. The third-order valence-corrected chi connectivity index (χ3v) is 2.67. The van der Waals surface area contributed by atoms with Gasteiger partial charge < -0.3 is 0 Å². The number of allylic oxidation sites excluding steroid dienone is 8. The maximum Gasteiger partial charge on any atom is -0.00298 e. The van der Waals surface area contributed by atoms with Gasteiger partial charge in [0.25, 0.3) is 0 Å². The van der Waals surface area contributed by atoms with Gasteiger partial charge >= 0.3 is 0 Å². The van der Waals surface area contributed by atoms with Gasteiger partial charge in [-0.15, -0.1) is 0 Å². The summed E-state index contributed by atoms with van der Waals surface area (Å²) in [7, 11) is 0. The van der Waals surface area contributed by atoms with Crippen molar-refractivity contribution in [1.29, 1.82) is 0 Å². The predicted molar refractivity (Wildman–Crippen MR) is 78.9 cm³/mol. The van der Waals surface area contributed by atoms with E-state index in [0.29, 0.717) is 0 Å². The zero-order valence-corrected chi connectivity index (χ0v) is 10.9. The van der Waals surface area contributed by atoms with E-state index in [-0.39, 0.29) is 0 Å². The van der Waals surface area contributed by atoms with Gasteiger partial charge in [0.2, 0.25) is 0 Å². The van der Waals surface area contributed by atoms with Crippen molar-refractivity contribution in [3.8, 4) is 0 Å². The molecular weight excluding hydrogens is 212 g/mol. The molecule has 0 unspecified atom stereocenters. The second-order valence-electron chi connectivity index (χ2n) is 3.31. The summed E-state index contributed by atoms with van der Waals surface area (Å²) in [5, 5.41) is 0. The van der Waals surface area contributed by atoms with Crippen molar-refractivity contribution in [2.45, 2.75) is 6.42 Å². The minimum Gasteiger partial charge on any atom is -0.165 e. The molecule has 0 N–H and O–H groups in total. The zero-order chi connectivity index (χ0) is 12.4. The fourth-order valence-electron chi connectivity index (χ4n) is 1.06. The van der Waals surface area contributed by atoms with Crippen molar-refractivity contribution in [1.82, 2.24) is 0 Å². The summed E-state index contributed by atoms with van der Waals surface area (Å²) in [6.45, 7) is 15.4. The van der Waals surface area contributed by atoms with Crippen LogP contribution in [0.15, 0.2) is 73.4 Å². The van der Waals surface area contributed by atoms with E-state index in [1.807, 2.05) is 36.1 Å². The smallest absolute Gasteiger partial charge is 0.00298 e. The van der Waals surface area contributed by atoms with Crippen LogP contribution in [0.5, 0.6) is 0 Å². The standard InChI is InChI=1S/C15H20S/c1-6-8-9-13(3)14(4)12-15(7-2)10-11-16-5/h6-9,12H,1-4,10-11H2,5H3/b9-8-,15-12+. The Morgan fingerprint density at radius 3 is 2.38 bits per heavy atom. The van der Waals surface area contributed by atoms with Crippen LogP contribution in [0.1, 0.15) is 6.42 Å². The molecule has 0 fully saturated rings. The molecule has 0 aliphatic rings. The van der Waals surface area contributed by atoms with Crippen LogP contribution in [-0.4, -0.2) is 12.0 Å². The lowest BCUT2D eigenvalue weighted by atomic mass is 10.0. The normalized spacial score (nSPS) is 11.4. The maximum atomic E-state index is 3.99. The van der Waals surface area contributed by atoms with Crippen LogP contribution in [-0.2, 0) is 0 Å². The van der Waals surface area contributed by atoms with Crippen LogP contribution >= 0.6 is 11.8 Å². The van der Waals surface area contributed by atoms with Gasteiger partial charge in [0.05, 0.1) is 0 Å². The molecule has 86 valence electrons. The molecule has 0 spiro atoms. The first-order valence-corrected chi connectivity index (χ1v) is 6.54. The first-order valence-electron chi connectivity index (χ1n) is 5.15. The number of hydrogen-bond acceptors (Lipinski definition) is 1. The summed E-state index contributed by atoms with van der Waals surface area (Å²) in [6.07, 6.45) is 12.5. The zero-order valence-electron chi connectivity index (χ0n) is 10.0. The lowest BCUT2D eigenvalue weighted by Gasteiger charge is -2.03. The average Bonchev–Trinajstić information content (AvgIpc) is 2.30. The Bertz CT molecular complexity index is 329. The van der Waals surface area contributed by atoms with Crippen molar-refractivity contribution in [3.05, 3.63) is 73.4 Å². The van der Waals surface area contributed by atoms with Gasteiger partial charge in [-0.2, -0.15) is 11.8 Å². The second-order valence-corrected chi connectivity index (χ2v) is 4.30. The van der Waals surface area contributed by atoms with E-state index in [9.17, 15) is 0 Å². The highest BCUT2D eigenvalue weighted by atomic mass is 32.2. The third kappa shape index (κ3) is 6.31. The maximum absolute atomic E-state index is 3.99. The van der Waals surface area contributed by atoms with E-state index < -0.39 is 0 Å². The van der Waals surface area contributed by atoms with E-state index in [1.165, 1.54) is 5.57 Å². The van der Waals surface area contributed by atoms with E-state index >= 15 is 0 Å². The number of rotatable bonds is 8. The van der Waals surface area contributed by atoms with E-state index in [0.717, 1.165) is 23.3 Å². The van der Waals surface area contributed by atoms with E-state index in [2.05, 4.69) is 32.6 Å². The number of hydrogen-bond donors (Lipinski definition) is 0. The lowest BCUT2D eigenvalue weighted by Crippen LogP contribution is -1.86. The van der Waals surface area contributed by atoms with Crippen LogP contribution in [0, 0.1) is 0 Å². The topological polar surface area (TPSA) is 0 Å². The van der Waals surface area contributed by atoms with Gasteiger partial charge in [0, 0.05) is 0 Å². The summed E-state index contributed by atoms with van der Waals surface area (Å²) in [5.74, 6) is 1.10. The molecule has 0 radical (unpaired) electrons. The molecule has 0 aromatic heterocycles. The first kappa shape index (κ1) is 14.8. The van der Waals surface area contributed by atoms with Crippen LogP contribution in [0.2, 0.25) is 0 Å². The molecule has 0 aliphatic heterocycles. The highest BCUT2D eigenvalue weighted by Crippen LogP contribution is 2.15. The molecule has 0 aromatic rings. The fraction of sp³-hybridized carbons (Fsp3) is 0.200. The lowest BCUT2D eigenvalue weighted by molar-refractivity contribution is 1.17. The Labute approximate surface area is 104 Å². The minimum absolute atomic E-state index is 0.906. The second kappa shape index (κ2) is 9.05. The predicted octanol–water partition coefficient (Wildman–Crippen LogP) is 4.71.